The van der Waals surface area contributed by atoms with E-state index in [4.69, 9.17) is 74.0 Å². The van der Waals surface area contributed by atoms with Crippen molar-refractivity contribution < 1.29 is 50.9 Å². The molecule has 3 atom stereocenters. The van der Waals surface area contributed by atoms with Crippen molar-refractivity contribution >= 4 is 91.5 Å². The molecule has 3 aliphatic heterocycles. The molecule has 12 heterocycles. The van der Waals surface area contributed by atoms with Crippen molar-refractivity contribution in [3.05, 3.63) is 204 Å². The third-order valence-electron chi connectivity index (χ3n) is 19.4. The maximum atomic E-state index is 14.1. The number of fused-ring (bicyclic) bond motifs is 3. The molecule has 0 saturated carbocycles. The number of carbonyl (C=O) groups is 3. The lowest BCUT2D eigenvalue weighted by atomic mass is 10.0. The number of nitrogen functional groups attached to an aromatic ring is 3. The van der Waals surface area contributed by atoms with Gasteiger partial charge in [0.1, 0.15) is 102 Å². The number of carbonyl (C=O) groups excluding carboxylic acids is 3. The van der Waals surface area contributed by atoms with Crippen molar-refractivity contribution in [3.63, 3.8) is 0 Å². The molecule has 3 saturated heterocycles. The van der Waals surface area contributed by atoms with Crippen LogP contribution in [0, 0.1) is 13.8 Å². The van der Waals surface area contributed by atoms with Gasteiger partial charge in [-0.25, -0.2) is 43.9 Å². The van der Waals surface area contributed by atoms with Crippen LogP contribution in [0.4, 0.5) is 30.6 Å². The van der Waals surface area contributed by atoms with E-state index in [1.165, 1.54) is 49.3 Å². The third kappa shape index (κ3) is 16.6. The first-order valence-electron chi connectivity index (χ1n) is 35.4. The molecule has 0 aliphatic carbocycles. The molecule has 0 spiro atoms. The summed E-state index contributed by atoms with van der Waals surface area (Å²) in [7, 11) is 1.64. The zero-order valence-corrected chi connectivity index (χ0v) is 62.2. The fraction of sp³-hybridized carbons (Fsp3) is 0.282. The quantitative estimate of drug-likeness (QED) is 0.0633. The molecule has 33 heteroatoms. The minimum absolute atomic E-state index is 0.0467. The number of amides is 3. The monoisotopic (exact) mass is 1550 g/mol. The van der Waals surface area contributed by atoms with Crippen molar-refractivity contribution in [3.8, 4) is 56.8 Å². The molecule has 12 aromatic rings. The van der Waals surface area contributed by atoms with Crippen LogP contribution in [0.1, 0.15) is 90.5 Å². The number of piperidine rings is 3. The number of aromatic nitrogens is 14. The van der Waals surface area contributed by atoms with Crippen LogP contribution in [0.3, 0.4) is 0 Å². The van der Waals surface area contributed by atoms with Gasteiger partial charge in [-0.1, -0.05) is 49.0 Å². The number of aryl methyl sites for hydroxylation is 1. The number of halogens is 5. The van der Waals surface area contributed by atoms with Crippen LogP contribution < -0.4 is 36.1 Å². The highest BCUT2D eigenvalue weighted by Gasteiger charge is 2.37. The number of pyridine rings is 2. The van der Waals surface area contributed by atoms with Gasteiger partial charge >= 0.3 is 6.18 Å². The Bertz CT molecular complexity index is 5470. The maximum absolute atomic E-state index is 14.1. The molecule has 9 aromatic heterocycles. The average molecular weight is 1550 g/mol. The van der Waals surface area contributed by atoms with E-state index in [1.54, 1.807) is 93.7 Å². The van der Waals surface area contributed by atoms with E-state index in [0.717, 1.165) is 71.9 Å². The molecule has 572 valence electrons. The van der Waals surface area contributed by atoms with Crippen LogP contribution in [0.2, 0.25) is 10.0 Å². The van der Waals surface area contributed by atoms with E-state index < -0.39 is 11.7 Å². The SMILES string of the molecule is C=CC(=O)N1CCC[C@@H](n2nc(-c3ccc(OCc4ccccn4)c(C(F)(F)F)c3)c3c(N)ncnc32)C1.C=CC(=O)N1CCC[C@@H](n2nc(-c3ccc(OCc4ccco4)c(Cl)c3)c3c(N)ncnc32)C1.C=CC(=O)N1CCC[C@@H](n2nc(-c3ccc(OCc4ncc(C)c(OC)c4C)c(Cl)c3)c3c(N)ncnc32)C1. The number of hydrogen-bond donors (Lipinski definition) is 3. The number of anilines is 3. The Kier molecular flexibility index (Phi) is 23.2. The summed E-state index contributed by atoms with van der Waals surface area (Å²) in [6.07, 6.45) is 13.1. The van der Waals surface area contributed by atoms with Gasteiger partial charge in [-0.3, -0.25) is 24.4 Å². The van der Waals surface area contributed by atoms with Gasteiger partial charge in [-0.15, -0.1) is 0 Å². The number of benzene rings is 3. The number of methoxy groups -OCH3 is 1. The molecule has 111 heavy (non-hydrogen) atoms. The lowest BCUT2D eigenvalue weighted by Gasteiger charge is -2.32. The lowest BCUT2D eigenvalue weighted by molar-refractivity contribution is -0.139. The second-order valence-electron chi connectivity index (χ2n) is 26.4. The molecular formula is C78H77Cl2F3N20O8. The Labute approximate surface area is 644 Å². The fourth-order valence-electron chi connectivity index (χ4n) is 13.9. The Balaban J connectivity index is 0.000000146. The summed E-state index contributed by atoms with van der Waals surface area (Å²) in [6, 6.07) is 23.0. The molecule has 3 fully saturated rings. The van der Waals surface area contributed by atoms with Gasteiger partial charge in [0, 0.05) is 79.5 Å². The molecule has 3 amide bonds. The summed E-state index contributed by atoms with van der Waals surface area (Å²) in [4.78, 5) is 76.2. The molecular weight excluding hydrogens is 1470 g/mol. The zero-order valence-electron chi connectivity index (χ0n) is 60.7. The van der Waals surface area contributed by atoms with Gasteiger partial charge in [-0.2, -0.15) is 28.5 Å². The van der Waals surface area contributed by atoms with E-state index >= 15 is 0 Å². The van der Waals surface area contributed by atoms with Crippen molar-refractivity contribution in [2.24, 2.45) is 0 Å². The van der Waals surface area contributed by atoms with Crippen molar-refractivity contribution in [1.29, 1.82) is 0 Å². The first-order chi connectivity index (χ1) is 53.6. The number of rotatable bonds is 19. The number of furan rings is 1. The van der Waals surface area contributed by atoms with E-state index in [1.807, 2.05) is 41.4 Å². The predicted octanol–water partition coefficient (Wildman–Crippen LogP) is 13.3. The molecule has 3 aliphatic rings. The highest BCUT2D eigenvalue weighted by molar-refractivity contribution is 6.32. The smallest absolute Gasteiger partial charge is 0.419 e. The van der Waals surface area contributed by atoms with Gasteiger partial charge in [0.15, 0.2) is 16.9 Å². The number of ether oxygens (including phenoxy) is 4. The minimum atomic E-state index is -4.69. The molecule has 3 aromatic carbocycles. The lowest BCUT2D eigenvalue weighted by Crippen LogP contribution is -2.40. The normalized spacial score (nSPS) is 15.8. The van der Waals surface area contributed by atoms with Crippen LogP contribution in [0.25, 0.3) is 66.9 Å². The average Bonchev–Trinajstić information content (AvgIpc) is 1.62. The first-order valence-corrected chi connectivity index (χ1v) is 36.2. The Morgan fingerprint density at radius 2 is 1.00 bits per heavy atom. The van der Waals surface area contributed by atoms with Crippen LogP contribution in [-0.4, -0.2) is 148 Å². The topological polar surface area (TPSA) is 346 Å². The van der Waals surface area contributed by atoms with E-state index in [-0.39, 0.29) is 78.5 Å². The zero-order chi connectivity index (χ0) is 78.2. The predicted molar refractivity (Wildman–Crippen MR) is 412 cm³/mol. The molecule has 15 rings (SSSR count). The molecule has 0 radical (unpaired) electrons. The number of hydrogen-bond acceptors (Lipinski definition) is 22. The fourth-order valence-corrected chi connectivity index (χ4v) is 14.4. The first kappa shape index (κ1) is 76.7. The van der Waals surface area contributed by atoms with Crippen LogP contribution in [0.15, 0.2) is 165 Å². The molecule has 0 bridgehead atoms. The van der Waals surface area contributed by atoms with Gasteiger partial charge in [0.25, 0.3) is 0 Å². The van der Waals surface area contributed by atoms with Crippen molar-refractivity contribution in [2.75, 3.05) is 63.6 Å². The molecule has 6 N–H and O–H groups in total. The summed E-state index contributed by atoms with van der Waals surface area (Å²) in [6.45, 7) is 18.4. The Hall–Kier alpha value is -12.5. The van der Waals surface area contributed by atoms with Gasteiger partial charge < -0.3 is 55.3 Å². The highest BCUT2D eigenvalue weighted by atomic mass is 35.5. The van der Waals surface area contributed by atoms with E-state index in [2.05, 4.69) is 64.7 Å². The van der Waals surface area contributed by atoms with E-state index in [9.17, 15) is 27.6 Å². The highest BCUT2D eigenvalue weighted by Crippen LogP contribution is 2.44. The van der Waals surface area contributed by atoms with Crippen LogP contribution in [-0.2, 0) is 40.4 Å². The largest absolute Gasteiger partial charge is 0.496 e. The summed E-state index contributed by atoms with van der Waals surface area (Å²) < 4.78 is 75.7. The van der Waals surface area contributed by atoms with Gasteiger partial charge in [-0.05, 0) is 149 Å². The van der Waals surface area contributed by atoms with E-state index in [0.29, 0.717) is 135 Å². The summed E-state index contributed by atoms with van der Waals surface area (Å²) in [5.41, 5.74) is 25.7. The van der Waals surface area contributed by atoms with Crippen LogP contribution in [0.5, 0.6) is 23.0 Å². The van der Waals surface area contributed by atoms with Gasteiger partial charge in [0.2, 0.25) is 17.7 Å². The Morgan fingerprint density at radius 1 is 0.559 bits per heavy atom. The second kappa shape index (κ2) is 33.5. The van der Waals surface area contributed by atoms with Gasteiger partial charge in [0.05, 0.1) is 74.7 Å². The number of nitrogens with two attached hydrogens (primary N) is 3. The summed E-state index contributed by atoms with van der Waals surface area (Å²) in [5, 5.41) is 16.9. The second-order valence-corrected chi connectivity index (χ2v) is 27.2. The third-order valence-corrected chi connectivity index (χ3v) is 20.0. The number of likely N-dealkylation sites (tertiary alicyclic amines) is 3. The van der Waals surface area contributed by atoms with Crippen molar-refractivity contribution in [1.82, 2.24) is 83.9 Å². The summed E-state index contributed by atoms with van der Waals surface area (Å²) in [5.74, 6) is 2.57. The van der Waals surface area contributed by atoms with Crippen molar-refractivity contribution in [2.45, 2.75) is 96.5 Å². The minimum Gasteiger partial charge on any atom is -0.496 e. The number of alkyl halides is 3. The number of nitrogens with zero attached hydrogens (tertiary/aromatic N) is 17. The standard InChI is InChI=1S/C28H30ClN7O3.C26H24F3N7O2.C24H23ClN6O3/c1-5-23(37)35-10-6-7-19(13-35)36-28-24(27(30)32-15-33-28)25(34-36)18-8-9-22(20(29)11-18)39-14-21-17(3)26(38-4)16(2)12-31-21;1-2-21(37)35-11-5-7-18(13-35)36-25-22(24(30)32-15-33-25)23(34-36)16-8-9-20(19(12-16)26(27,28)29)38-14-17-6-3-4-10-31-17;1-2-20(32)30-9-3-5-16(12-30)31-24-21(23(26)27-14-28-24)22(29-31)15-7-8-19(18(25)11-15)34-13-17-6-4-10-33-17/h5,8-9,11-12,15,19H,1,6-7,10,13-14H2,2-4H3,(H2,30,32,33);2-4,6,8-10,12,15,18H,1,5,7,11,13-14H2,(H2,30,32,33);2,4,6-8,10-11,14,16H,1,3,5,9,12-13H2,(H2,26,27,28)/t19-;18-;16-/m111/s1. The maximum Gasteiger partial charge on any atom is 0.419 e. The molecule has 28 nitrogen and oxygen atoms in total. The van der Waals surface area contributed by atoms with Crippen LogP contribution >= 0.6 is 23.2 Å². The summed E-state index contributed by atoms with van der Waals surface area (Å²) >= 11 is 13.2. The Morgan fingerprint density at radius 3 is 1.41 bits per heavy atom. The molecule has 0 unspecified atom stereocenters.